The molecule has 3 aromatic carbocycles. The molecule has 1 aliphatic rings. The molecule has 0 radical (unpaired) electrons. The van der Waals surface area contributed by atoms with Gasteiger partial charge in [0.15, 0.2) is 5.78 Å². The van der Waals surface area contributed by atoms with E-state index < -0.39 is 27.6 Å². The van der Waals surface area contributed by atoms with Gasteiger partial charge in [0.05, 0.1) is 21.2 Å². The van der Waals surface area contributed by atoms with Crippen molar-refractivity contribution in [2.45, 2.75) is 11.3 Å². The lowest BCUT2D eigenvalue weighted by Gasteiger charge is -2.30. The van der Waals surface area contributed by atoms with Crippen molar-refractivity contribution in [3.8, 4) is 0 Å². The van der Waals surface area contributed by atoms with Gasteiger partial charge in [0, 0.05) is 24.2 Å². The summed E-state index contributed by atoms with van der Waals surface area (Å²) in [6.45, 7) is -0.123. The number of fused-ring (bicyclic) bond motifs is 1. The Morgan fingerprint density at radius 3 is 2.44 bits per heavy atom. The summed E-state index contributed by atoms with van der Waals surface area (Å²) in [4.78, 5) is 24.8. The van der Waals surface area contributed by atoms with Crippen LogP contribution in [-0.2, 0) is 10.0 Å². The predicted molar refractivity (Wildman–Crippen MR) is 116 cm³/mol. The smallest absolute Gasteiger partial charge is 0.264 e. The number of hydrogen-bond acceptors (Lipinski definition) is 4. The average Bonchev–Trinajstić information content (AvgIpc) is 2.74. The van der Waals surface area contributed by atoms with Crippen LogP contribution in [0.3, 0.4) is 0 Å². The van der Waals surface area contributed by atoms with Gasteiger partial charge < -0.3 is 5.32 Å². The minimum Gasteiger partial charge on any atom is -0.322 e. The summed E-state index contributed by atoms with van der Waals surface area (Å²) < 4.78 is 54.6. The van der Waals surface area contributed by atoms with Gasteiger partial charge in [-0.15, -0.1) is 0 Å². The molecule has 0 fully saturated rings. The summed E-state index contributed by atoms with van der Waals surface area (Å²) in [7, 11) is -4.11. The number of nitrogens with zero attached hydrogens (tertiary/aromatic N) is 1. The maximum atomic E-state index is 14.1. The lowest BCUT2D eigenvalue weighted by molar-refractivity contribution is 0.0981. The highest BCUT2D eigenvalue weighted by atomic mass is 35.5. The number of hydrogen-bond donors (Lipinski definition) is 1. The number of rotatable bonds is 4. The maximum Gasteiger partial charge on any atom is 0.264 e. The molecule has 0 aliphatic carbocycles. The third kappa shape index (κ3) is 3.96. The minimum absolute atomic E-state index is 0.0377. The second-order valence-electron chi connectivity index (χ2n) is 6.99. The molecule has 164 valence electrons. The van der Waals surface area contributed by atoms with Crippen LogP contribution in [0.4, 0.5) is 20.2 Å². The molecule has 1 aliphatic heterocycles. The van der Waals surface area contributed by atoms with Crippen molar-refractivity contribution in [2.75, 3.05) is 16.2 Å². The molecule has 1 amide bonds. The van der Waals surface area contributed by atoms with Gasteiger partial charge in [0.2, 0.25) is 0 Å². The first kappa shape index (κ1) is 21.9. The first-order valence-electron chi connectivity index (χ1n) is 9.39. The van der Waals surface area contributed by atoms with Crippen LogP contribution in [-0.4, -0.2) is 26.7 Å². The first-order chi connectivity index (χ1) is 15.2. The summed E-state index contributed by atoms with van der Waals surface area (Å²) in [6, 6.07) is 12.2. The molecule has 6 nitrogen and oxygen atoms in total. The summed E-state index contributed by atoms with van der Waals surface area (Å²) in [5.74, 6) is -2.50. The highest BCUT2D eigenvalue weighted by molar-refractivity contribution is 7.92. The monoisotopic (exact) mass is 476 g/mol. The summed E-state index contributed by atoms with van der Waals surface area (Å²) in [5, 5.41) is 2.39. The van der Waals surface area contributed by atoms with E-state index in [4.69, 9.17) is 11.6 Å². The zero-order valence-electron chi connectivity index (χ0n) is 16.3. The SMILES string of the molecule is O=C1CCN(S(=O)(=O)c2ccc(F)cc2)c2cc(NC(=O)c3c(F)cccc3Cl)ccc21. The number of Topliss-reactive ketones (excluding diaryl/α,β-unsaturated/α-hetero) is 1. The molecule has 4 rings (SSSR count). The molecule has 0 saturated heterocycles. The van der Waals surface area contributed by atoms with E-state index in [0.29, 0.717) is 0 Å². The highest BCUT2D eigenvalue weighted by Gasteiger charge is 2.33. The number of carbonyl (C=O) groups is 2. The Bertz CT molecular complexity index is 1320. The van der Waals surface area contributed by atoms with Gasteiger partial charge in [-0.1, -0.05) is 17.7 Å². The third-order valence-corrected chi connectivity index (χ3v) is 7.10. The summed E-state index contributed by atoms with van der Waals surface area (Å²) in [6.07, 6.45) is -0.0377. The van der Waals surface area contributed by atoms with Crippen LogP contribution >= 0.6 is 11.6 Å². The van der Waals surface area contributed by atoms with Crippen molar-refractivity contribution in [3.63, 3.8) is 0 Å². The Morgan fingerprint density at radius 1 is 1.03 bits per heavy atom. The van der Waals surface area contributed by atoms with Crippen LogP contribution < -0.4 is 9.62 Å². The van der Waals surface area contributed by atoms with E-state index >= 15 is 0 Å². The van der Waals surface area contributed by atoms with Gasteiger partial charge in [-0.2, -0.15) is 0 Å². The van der Waals surface area contributed by atoms with E-state index in [1.807, 2.05) is 0 Å². The lowest BCUT2D eigenvalue weighted by Crippen LogP contribution is -2.37. The van der Waals surface area contributed by atoms with Crippen LogP contribution in [0.5, 0.6) is 0 Å². The van der Waals surface area contributed by atoms with Crippen molar-refractivity contribution < 1.29 is 26.8 Å². The lowest BCUT2D eigenvalue weighted by atomic mass is 10.0. The first-order valence-corrected chi connectivity index (χ1v) is 11.2. The van der Waals surface area contributed by atoms with Crippen molar-refractivity contribution in [3.05, 3.63) is 88.4 Å². The molecule has 0 saturated carbocycles. The Kier molecular flexibility index (Phi) is 5.70. The van der Waals surface area contributed by atoms with Crippen LogP contribution in [0.2, 0.25) is 5.02 Å². The van der Waals surface area contributed by atoms with E-state index in [2.05, 4.69) is 5.32 Å². The number of carbonyl (C=O) groups excluding carboxylic acids is 2. The van der Waals surface area contributed by atoms with Crippen molar-refractivity contribution in [2.24, 2.45) is 0 Å². The van der Waals surface area contributed by atoms with Gasteiger partial charge >= 0.3 is 0 Å². The zero-order chi connectivity index (χ0) is 23.0. The standard InChI is InChI=1S/C22H15ClF2N2O4S/c23-17-2-1-3-18(25)21(17)22(29)26-14-6-9-16-19(12-14)27(11-10-20(16)28)32(30,31)15-7-4-13(24)5-8-15/h1-9,12H,10-11H2,(H,26,29). The number of amides is 1. The van der Waals surface area contributed by atoms with Crippen LogP contribution in [0, 0.1) is 11.6 Å². The van der Waals surface area contributed by atoms with Crippen LogP contribution in [0.15, 0.2) is 65.6 Å². The second kappa shape index (κ2) is 8.33. The van der Waals surface area contributed by atoms with Crippen LogP contribution in [0.1, 0.15) is 27.1 Å². The molecule has 1 heterocycles. The van der Waals surface area contributed by atoms with Gasteiger partial charge in [0.1, 0.15) is 11.6 Å². The van der Waals surface area contributed by atoms with Gasteiger partial charge in [-0.05, 0) is 54.6 Å². The Hall–Kier alpha value is -3.30. The number of nitrogens with one attached hydrogen (secondary N) is 1. The van der Waals surface area contributed by atoms with Gasteiger partial charge in [0.25, 0.3) is 15.9 Å². The Labute approximate surface area is 187 Å². The molecule has 1 N–H and O–H groups in total. The van der Waals surface area contributed by atoms with E-state index in [9.17, 15) is 26.8 Å². The molecule has 32 heavy (non-hydrogen) atoms. The number of anilines is 2. The molecule has 0 bridgehead atoms. The second-order valence-corrected chi connectivity index (χ2v) is 9.26. The molecular formula is C22H15ClF2N2O4S. The van der Waals surface area contributed by atoms with Crippen molar-refractivity contribution in [1.29, 1.82) is 0 Å². The molecule has 10 heteroatoms. The highest BCUT2D eigenvalue weighted by Crippen LogP contribution is 2.34. The van der Waals surface area contributed by atoms with Gasteiger partial charge in [-0.3, -0.25) is 13.9 Å². The summed E-state index contributed by atoms with van der Waals surface area (Å²) in [5.41, 5.74) is -0.00676. The average molecular weight is 477 g/mol. The molecule has 0 spiro atoms. The maximum absolute atomic E-state index is 14.1. The zero-order valence-corrected chi connectivity index (χ0v) is 17.9. The third-order valence-electron chi connectivity index (χ3n) is 4.96. The van der Waals surface area contributed by atoms with E-state index in [-0.39, 0.29) is 51.2 Å². The Morgan fingerprint density at radius 2 is 1.75 bits per heavy atom. The Balaban J connectivity index is 1.72. The predicted octanol–water partition coefficient (Wildman–Crippen LogP) is 4.65. The number of halogens is 3. The molecule has 0 atom stereocenters. The fraction of sp³-hybridized carbons (Fsp3) is 0.0909. The van der Waals surface area contributed by atoms with E-state index in [0.717, 1.165) is 34.6 Å². The van der Waals surface area contributed by atoms with Crippen molar-refractivity contribution in [1.82, 2.24) is 0 Å². The van der Waals surface area contributed by atoms with Crippen molar-refractivity contribution >= 4 is 44.7 Å². The summed E-state index contributed by atoms with van der Waals surface area (Å²) >= 11 is 5.93. The molecular weight excluding hydrogens is 462 g/mol. The fourth-order valence-corrected chi connectivity index (χ4v) is 5.13. The number of benzene rings is 3. The number of sulfonamides is 1. The van der Waals surface area contributed by atoms with Gasteiger partial charge in [-0.25, -0.2) is 17.2 Å². The van der Waals surface area contributed by atoms with E-state index in [1.54, 1.807) is 0 Å². The normalized spacial score (nSPS) is 13.6. The quantitative estimate of drug-likeness (QED) is 0.594. The number of ketones is 1. The molecule has 3 aromatic rings. The fourth-order valence-electron chi connectivity index (χ4n) is 3.40. The topological polar surface area (TPSA) is 83.6 Å². The van der Waals surface area contributed by atoms with Crippen LogP contribution in [0.25, 0.3) is 0 Å². The molecule has 0 unspecified atom stereocenters. The largest absolute Gasteiger partial charge is 0.322 e. The van der Waals surface area contributed by atoms with E-state index in [1.165, 1.54) is 30.3 Å². The molecule has 0 aromatic heterocycles. The minimum atomic E-state index is -4.11.